The van der Waals surface area contributed by atoms with Gasteiger partial charge in [0.05, 0.1) is 33.9 Å². The fraction of sp³-hybridized carbons (Fsp3) is 0.308. The first-order valence-corrected chi connectivity index (χ1v) is 10.5. The molecule has 2 heterocycles. The maximum Gasteiger partial charge on any atom is 0.164 e. The van der Waals surface area contributed by atoms with Crippen molar-refractivity contribution in [3.05, 3.63) is 54.0 Å². The van der Waals surface area contributed by atoms with Crippen molar-refractivity contribution in [1.29, 1.82) is 0 Å². The van der Waals surface area contributed by atoms with Gasteiger partial charge in [-0.3, -0.25) is 0 Å². The number of allylic oxidation sites excluding steroid dienone is 1. The Morgan fingerprint density at radius 3 is 2.03 bits per heavy atom. The van der Waals surface area contributed by atoms with Crippen LogP contribution in [0, 0.1) is 0 Å². The van der Waals surface area contributed by atoms with Gasteiger partial charge in [0.2, 0.25) is 0 Å². The van der Waals surface area contributed by atoms with Gasteiger partial charge in [-0.15, -0.1) is 0 Å². The molecule has 0 fully saturated rings. The van der Waals surface area contributed by atoms with Crippen molar-refractivity contribution in [2.24, 2.45) is 0 Å². The lowest BCUT2D eigenvalue weighted by Crippen LogP contribution is -2.27. The fourth-order valence-corrected chi connectivity index (χ4v) is 4.74. The fourth-order valence-electron chi connectivity index (χ4n) is 4.74. The first-order valence-electron chi connectivity index (χ1n) is 10.5. The van der Waals surface area contributed by atoms with Crippen molar-refractivity contribution in [1.82, 2.24) is 0 Å². The van der Waals surface area contributed by atoms with E-state index in [0.717, 1.165) is 57.4 Å². The summed E-state index contributed by atoms with van der Waals surface area (Å²) in [7, 11) is 6.50. The predicted octanol–water partition coefficient (Wildman–Crippen LogP) is 6.33. The lowest BCUT2D eigenvalue weighted by molar-refractivity contribution is 0.354. The van der Waals surface area contributed by atoms with Gasteiger partial charge in [0, 0.05) is 28.5 Å². The number of hydrogen-bond donors (Lipinski definition) is 0. The Morgan fingerprint density at radius 1 is 0.781 bits per heavy atom. The maximum absolute atomic E-state index is 6.40. The molecule has 166 valence electrons. The van der Waals surface area contributed by atoms with Crippen molar-refractivity contribution >= 4 is 27.5 Å². The molecule has 1 aliphatic rings. The van der Waals surface area contributed by atoms with E-state index in [1.807, 2.05) is 24.3 Å². The van der Waals surface area contributed by atoms with Gasteiger partial charge in [-0.2, -0.15) is 0 Å². The SMILES string of the molecule is C=C1CCC(C)(c2cc3cc(OC)c(OC)cc3o2)c2c1oc1cc(OC)c(OC)cc21. The van der Waals surface area contributed by atoms with E-state index in [0.29, 0.717) is 23.0 Å². The second-order valence-corrected chi connectivity index (χ2v) is 8.30. The molecule has 2 aromatic heterocycles. The van der Waals surface area contributed by atoms with Gasteiger partial charge < -0.3 is 27.8 Å². The average Bonchev–Trinajstić information content (AvgIpc) is 3.41. The monoisotopic (exact) mass is 434 g/mol. The van der Waals surface area contributed by atoms with Crippen LogP contribution in [0.4, 0.5) is 0 Å². The largest absolute Gasteiger partial charge is 0.493 e. The van der Waals surface area contributed by atoms with Crippen LogP contribution in [-0.4, -0.2) is 28.4 Å². The van der Waals surface area contributed by atoms with E-state index in [1.165, 1.54) is 0 Å². The molecule has 0 saturated carbocycles. The van der Waals surface area contributed by atoms with Crippen LogP contribution >= 0.6 is 0 Å². The van der Waals surface area contributed by atoms with Gasteiger partial charge in [0.25, 0.3) is 0 Å². The minimum absolute atomic E-state index is 0.416. The zero-order valence-corrected chi connectivity index (χ0v) is 19.0. The molecule has 5 rings (SSSR count). The molecule has 0 aliphatic heterocycles. The van der Waals surface area contributed by atoms with Crippen LogP contribution in [-0.2, 0) is 5.41 Å². The molecule has 0 saturated heterocycles. The number of hydrogen-bond acceptors (Lipinski definition) is 6. The first-order chi connectivity index (χ1) is 15.4. The van der Waals surface area contributed by atoms with Gasteiger partial charge in [-0.05, 0) is 43.5 Å². The molecule has 0 N–H and O–H groups in total. The lowest BCUT2D eigenvalue weighted by Gasteiger charge is -2.32. The second kappa shape index (κ2) is 7.26. The van der Waals surface area contributed by atoms with E-state index in [9.17, 15) is 0 Å². The maximum atomic E-state index is 6.40. The summed E-state index contributed by atoms with van der Waals surface area (Å²) in [5.41, 5.74) is 3.10. The molecule has 4 aromatic rings. The van der Waals surface area contributed by atoms with E-state index >= 15 is 0 Å². The summed E-state index contributed by atoms with van der Waals surface area (Å²) in [6.07, 6.45) is 1.65. The van der Waals surface area contributed by atoms with Gasteiger partial charge in [-0.1, -0.05) is 6.58 Å². The Bertz CT molecular complexity index is 1320. The van der Waals surface area contributed by atoms with Crippen molar-refractivity contribution in [3.63, 3.8) is 0 Å². The van der Waals surface area contributed by atoms with Gasteiger partial charge >= 0.3 is 0 Å². The van der Waals surface area contributed by atoms with Crippen LogP contribution in [0.25, 0.3) is 27.5 Å². The highest BCUT2D eigenvalue weighted by atomic mass is 16.5. The normalized spacial score (nSPS) is 18.1. The summed E-state index contributed by atoms with van der Waals surface area (Å²) in [5.74, 6) is 4.24. The van der Waals surface area contributed by atoms with Crippen LogP contribution in [0.2, 0.25) is 0 Å². The third kappa shape index (κ3) is 2.79. The van der Waals surface area contributed by atoms with Crippen LogP contribution in [0.1, 0.15) is 36.8 Å². The van der Waals surface area contributed by atoms with Gasteiger partial charge in [0.15, 0.2) is 23.0 Å². The standard InChI is InChI=1S/C26H26O6/c1-14-7-8-26(2,23-10-15-9-19(27-3)21(29-5)12-17(15)31-23)24-16-11-20(28-4)22(30-6)13-18(16)32-25(14)24/h9-13H,1,7-8H2,2-6H3. The Labute approximate surface area is 186 Å². The molecule has 6 heteroatoms. The molecule has 2 aromatic carbocycles. The Kier molecular flexibility index (Phi) is 4.62. The zero-order chi connectivity index (χ0) is 22.6. The van der Waals surface area contributed by atoms with Gasteiger partial charge in [-0.25, -0.2) is 0 Å². The van der Waals surface area contributed by atoms with E-state index in [-0.39, 0.29) is 0 Å². The summed E-state index contributed by atoms with van der Waals surface area (Å²) in [6.45, 7) is 6.45. The van der Waals surface area contributed by atoms with Crippen LogP contribution in [0.3, 0.4) is 0 Å². The number of furan rings is 2. The molecule has 0 spiro atoms. The molecule has 0 bridgehead atoms. The van der Waals surface area contributed by atoms with E-state index in [4.69, 9.17) is 27.8 Å². The van der Waals surface area contributed by atoms with Crippen molar-refractivity contribution < 1.29 is 27.8 Å². The summed E-state index contributed by atoms with van der Waals surface area (Å²) in [4.78, 5) is 0. The smallest absolute Gasteiger partial charge is 0.164 e. The molecular weight excluding hydrogens is 408 g/mol. The predicted molar refractivity (Wildman–Crippen MR) is 123 cm³/mol. The Hall–Kier alpha value is -3.54. The lowest BCUT2D eigenvalue weighted by atomic mass is 9.70. The molecule has 1 atom stereocenters. The first kappa shape index (κ1) is 20.4. The molecule has 0 amide bonds. The summed E-state index contributed by atoms with van der Waals surface area (Å²) < 4.78 is 34.6. The van der Waals surface area contributed by atoms with E-state index in [2.05, 4.69) is 19.6 Å². The quantitative estimate of drug-likeness (QED) is 0.366. The molecule has 0 radical (unpaired) electrons. The van der Waals surface area contributed by atoms with Crippen molar-refractivity contribution in [2.45, 2.75) is 25.2 Å². The Balaban J connectivity index is 1.76. The average molecular weight is 434 g/mol. The second-order valence-electron chi connectivity index (χ2n) is 8.30. The highest BCUT2D eigenvalue weighted by molar-refractivity contribution is 5.92. The van der Waals surface area contributed by atoms with E-state index < -0.39 is 5.41 Å². The molecule has 1 aliphatic carbocycles. The summed E-state index contributed by atoms with van der Waals surface area (Å²) in [6, 6.07) is 9.73. The van der Waals surface area contributed by atoms with Crippen molar-refractivity contribution in [3.8, 4) is 23.0 Å². The van der Waals surface area contributed by atoms with E-state index in [1.54, 1.807) is 28.4 Å². The molecule has 32 heavy (non-hydrogen) atoms. The van der Waals surface area contributed by atoms with Crippen LogP contribution in [0.5, 0.6) is 23.0 Å². The molecular formula is C26H26O6. The molecule has 1 unspecified atom stereocenters. The van der Waals surface area contributed by atoms with Crippen LogP contribution < -0.4 is 18.9 Å². The third-order valence-electron chi connectivity index (χ3n) is 6.56. The minimum atomic E-state index is -0.416. The zero-order valence-electron chi connectivity index (χ0n) is 19.0. The van der Waals surface area contributed by atoms with Crippen LogP contribution in [0.15, 0.2) is 45.7 Å². The highest BCUT2D eigenvalue weighted by Gasteiger charge is 2.42. The highest BCUT2D eigenvalue weighted by Crippen LogP contribution is 2.52. The van der Waals surface area contributed by atoms with Crippen molar-refractivity contribution in [2.75, 3.05) is 28.4 Å². The summed E-state index contributed by atoms with van der Waals surface area (Å²) >= 11 is 0. The number of benzene rings is 2. The number of methoxy groups -OCH3 is 4. The number of ether oxygens (including phenoxy) is 4. The third-order valence-corrected chi connectivity index (χ3v) is 6.56. The number of rotatable bonds is 5. The van der Waals surface area contributed by atoms with Gasteiger partial charge in [0.1, 0.15) is 22.7 Å². The number of fused-ring (bicyclic) bond motifs is 4. The Morgan fingerprint density at radius 2 is 1.38 bits per heavy atom. The topological polar surface area (TPSA) is 63.2 Å². The molecule has 6 nitrogen and oxygen atoms in total. The minimum Gasteiger partial charge on any atom is -0.493 e. The summed E-state index contributed by atoms with van der Waals surface area (Å²) in [5, 5.41) is 1.92.